The van der Waals surface area contributed by atoms with Crippen molar-refractivity contribution in [3.63, 3.8) is 0 Å². The molecule has 0 aliphatic rings. The average Bonchev–Trinajstić information content (AvgIpc) is 3.05. The number of aryl methyl sites for hydroxylation is 1. The Balaban J connectivity index is 1.54. The number of carbonyl (C=O) groups excluding carboxylic acids is 1. The molecule has 4 nitrogen and oxygen atoms in total. The van der Waals surface area contributed by atoms with Crippen LogP contribution in [0.2, 0.25) is 0 Å². The highest BCUT2D eigenvalue weighted by atomic mass is 32.1. The normalized spacial score (nSPS) is 10.5. The summed E-state index contributed by atoms with van der Waals surface area (Å²) in [6, 6.07) is 11.5. The first-order valence-electron chi connectivity index (χ1n) is 7.42. The molecule has 0 radical (unpaired) electrons. The molecular weight excluding hydrogens is 306 g/mol. The zero-order valence-electron chi connectivity index (χ0n) is 12.8. The number of rotatable bonds is 5. The minimum atomic E-state index is -0.0455. The van der Waals surface area contributed by atoms with Gasteiger partial charge < -0.3 is 5.32 Å². The maximum atomic E-state index is 12.0. The van der Waals surface area contributed by atoms with Crippen LogP contribution >= 0.6 is 11.3 Å². The Morgan fingerprint density at radius 1 is 1.13 bits per heavy atom. The molecule has 0 spiro atoms. The van der Waals surface area contributed by atoms with E-state index < -0.39 is 0 Å². The highest BCUT2D eigenvalue weighted by Gasteiger charge is 2.07. The molecule has 1 amide bonds. The molecule has 0 saturated carbocycles. The molecule has 0 saturated heterocycles. The molecule has 1 aromatic carbocycles. The van der Waals surface area contributed by atoms with Gasteiger partial charge >= 0.3 is 0 Å². The third-order valence-corrected chi connectivity index (χ3v) is 4.37. The van der Waals surface area contributed by atoms with Gasteiger partial charge in [0, 0.05) is 41.9 Å². The maximum absolute atomic E-state index is 12.0. The predicted molar refractivity (Wildman–Crippen MR) is 92.6 cm³/mol. The average molecular weight is 323 g/mol. The highest BCUT2D eigenvalue weighted by Crippen LogP contribution is 2.21. The first-order valence-corrected chi connectivity index (χ1v) is 8.30. The Morgan fingerprint density at radius 2 is 1.87 bits per heavy atom. The van der Waals surface area contributed by atoms with Gasteiger partial charge in [0.1, 0.15) is 0 Å². The van der Waals surface area contributed by atoms with Crippen LogP contribution < -0.4 is 5.32 Å². The molecule has 5 heteroatoms. The van der Waals surface area contributed by atoms with Crippen molar-refractivity contribution in [3.8, 4) is 11.3 Å². The van der Waals surface area contributed by atoms with Crippen LogP contribution in [-0.2, 0) is 6.42 Å². The maximum Gasteiger partial charge on any atom is 0.251 e. The number of nitrogens with zero attached hydrogens (tertiary/aromatic N) is 2. The molecular formula is C18H17N3OS. The minimum absolute atomic E-state index is 0.0455. The number of pyridine rings is 1. The van der Waals surface area contributed by atoms with Gasteiger partial charge in [0.15, 0.2) is 0 Å². The number of benzene rings is 1. The largest absolute Gasteiger partial charge is 0.352 e. The first kappa shape index (κ1) is 15.4. The van der Waals surface area contributed by atoms with Crippen molar-refractivity contribution in [2.24, 2.45) is 0 Å². The molecule has 3 rings (SSSR count). The summed E-state index contributed by atoms with van der Waals surface area (Å²) in [4.78, 5) is 20.6. The Kier molecular flexibility index (Phi) is 4.78. The molecule has 0 atom stereocenters. The summed E-state index contributed by atoms with van der Waals surface area (Å²) in [6.07, 6.45) is 4.25. The smallest absolute Gasteiger partial charge is 0.251 e. The number of amides is 1. The molecule has 0 fully saturated rings. The summed E-state index contributed by atoms with van der Waals surface area (Å²) in [6.45, 7) is 2.58. The summed E-state index contributed by atoms with van der Waals surface area (Å²) in [5.41, 5.74) is 3.85. The fraction of sp³-hybridized carbons (Fsp3) is 0.167. The van der Waals surface area contributed by atoms with Crippen molar-refractivity contribution in [3.05, 3.63) is 70.3 Å². The third-order valence-electron chi connectivity index (χ3n) is 3.47. The van der Waals surface area contributed by atoms with E-state index in [0.29, 0.717) is 12.1 Å². The Bertz CT molecular complexity index is 782. The van der Waals surface area contributed by atoms with Gasteiger partial charge in [-0.05, 0) is 31.2 Å². The van der Waals surface area contributed by atoms with Crippen LogP contribution in [0.3, 0.4) is 0 Å². The second-order valence-electron chi connectivity index (χ2n) is 5.23. The topological polar surface area (TPSA) is 54.9 Å². The third kappa shape index (κ3) is 4.02. The van der Waals surface area contributed by atoms with E-state index in [9.17, 15) is 4.79 Å². The van der Waals surface area contributed by atoms with E-state index in [1.54, 1.807) is 23.7 Å². The summed E-state index contributed by atoms with van der Waals surface area (Å²) in [7, 11) is 0. The molecule has 2 heterocycles. The molecule has 116 valence electrons. The number of carbonyl (C=O) groups is 1. The lowest BCUT2D eigenvalue weighted by molar-refractivity contribution is 0.0954. The van der Waals surface area contributed by atoms with E-state index >= 15 is 0 Å². The van der Waals surface area contributed by atoms with Gasteiger partial charge in [0.05, 0.1) is 10.7 Å². The van der Waals surface area contributed by atoms with Gasteiger partial charge in [-0.2, -0.15) is 0 Å². The van der Waals surface area contributed by atoms with Crippen LogP contribution in [0, 0.1) is 6.92 Å². The number of hydrogen-bond donors (Lipinski definition) is 1. The van der Waals surface area contributed by atoms with Crippen LogP contribution in [-0.4, -0.2) is 22.4 Å². The van der Waals surface area contributed by atoms with Gasteiger partial charge in [-0.3, -0.25) is 9.78 Å². The van der Waals surface area contributed by atoms with Crippen molar-refractivity contribution < 1.29 is 4.79 Å². The van der Waals surface area contributed by atoms with Crippen LogP contribution in [0.1, 0.15) is 20.9 Å². The van der Waals surface area contributed by atoms with Gasteiger partial charge in [0.25, 0.3) is 5.91 Å². The zero-order chi connectivity index (χ0) is 16.1. The zero-order valence-corrected chi connectivity index (χ0v) is 13.6. The van der Waals surface area contributed by atoms with Crippen molar-refractivity contribution >= 4 is 17.2 Å². The monoisotopic (exact) mass is 323 g/mol. The summed E-state index contributed by atoms with van der Waals surface area (Å²) < 4.78 is 0. The Labute approximate surface area is 139 Å². The summed E-state index contributed by atoms with van der Waals surface area (Å²) in [5.74, 6) is -0.0455. The number of hydrogen-bond acceptors (Lipinski definition) is 4. The van der Waals surface area contributed by atoms with Crippen molar-refractivity contribution in [2.45, 2.75) is 13.3 Å². The quantitative estimate of drug-likeness (QED) is 0.782. The predicted octanol–water partition coefficient (Wildman–Crippen LogP) is 3.49. The molecule has 2 aromatic heterocycles. The van der Waals surface area contributed by atoms with Gasteiger partial charge in [0.2, 0.25) is 0 Å². The summed E-state index contributed by atoms with van der Waals surface area (Å²) in [5, 5.41) is 5.98. The standard InChI is InChI=1S/C18H17N3OS/c1-13-2-4-15(5-3-13)18(22)20-11-8-17-21-16(12-23-17)14-6-9-19-10-7-14/h2-7,9-10,12H,8,11H2,1H3,(H,20,22). The van der Waals surface area contributed by atoms with Crippen molar-refractivity contribution in [1.82, 2.24) is 15.3 Å². The lowest BCUT2D eigenvalue weighted by Crippen LogP contribution is -2.25. The Morgan fingerprint density at radius 3 is 2.61 bits per heavy atom. The molecule has 23 heavy (non-hydrogen) atoms. The van der Waals surface area contributed by atoms with E-state index in [0.717, 1.165) is 28.2 Å². The highest BCUT2D eigenvalue weighted by molar-refractivity contribution is 7.09. The van der Waals surface area contributed by atoms with E-state index in [2.05, 4.69) is 15.3 Å². The molecule has 0 bridgehead atoms. The second kappa shape index (κ2) is 7.15. The number of thiazole rings is 1. The minimum Gasteiger partial charge on any atom is -0.352 e. The molecule has 3 aromatic rings. The van der Waals surface area contributed by atoms with Gasteiger partial charge in [-0.15, -0.1) is 11.3 Å². The fourth-order valence-electron chi connectivity index (χ4n) is 2.17. The van der Waals surface area contributed by atoms with E-state index in [-0.39, 0.29) is 5.91 Å². The van der Waals surface area contributed by atoms with Crippen molar-refractivity contribution in [1.29, 1.82) is 0 Å². The summed E-state index contributed by atoms with van der Waals surface area (Å²) >= 11 is 1.61. The fourth-order valence-corrected chi connectivity index (χ4v) is 2.98. The lowest BCUT2D eigenvalue weighted by atomic mass is 10.1. The molecule has 0 aliphatic heterocycles. The van der Waals surface area contributed by atoms with E-state index in [4.69, 9.17) is 0 Å². The van der Waals surface area contributed by atoms with Gasteiger partial charge in [-0.25, -0.2) is 4.98 Å². The first-order chi connectivity index (χ1) is 11.2. The number of aromatic nitrogens is 2. The van der Waals surface area contributed by atoms with Crippen LogP contribution in [0.15, 0.2) is 54.2 Å². The van der Waals surface area contributed by atoms with E-state index in [1.165, 1.54) is 0 Å². The SMILES string of the molecule is Cc1ccc(C(=O)NCCc2nc(-c3ccncc3)cs2)cc1. The molecule has 1 N–H and O–H groups in total. The molecule has 0 unspecified atom stereocenters. The Hall–Kier alpha value is -2.53. The van der Waals surface area contributed by atoms with Crippen LogP contribution in [0.4, 0.5) is 0 Å². The van der Waals surface area contributed by atoms with Crippen LogP contribution in [0.5, 0.6) is 0 Å². The van der Waals surface area contributed by atoms with E-state index in [1.807, 2.05) is 48.7 Å². The van der Waals surface area contributed by atoms with Gasteiger partial charge in [-0.1, -0.05) is 17.7 Å². The van der Waals surface area contributed by atoms with Crippen LogP contribution in [0.25, 0.3) is 11.3 Å². The number of nitrogens with one attached hydrogen (secondary N) is 1. The lowest BCUT2D eigenvalue weighted by Gasteiger charge is -2.04. The second-order valence-corrected chi connectivity index (χ2v) is 6.18. The van der Waals surface area contributed by atoms with Crippen molar-refractivity contribution in [2.75, 3.05) is 6.54 Å². The molecule has 0 aliphatic carbocycles.